The van der Waals surface area contributed by atoms with E-state index in [1.807, 2.05) is 24.3 Å². The molecule has 2 aromatic carbocycles. The molecule has 0 saturated heterocycles. The maximum Gasteiger partial charge on any atom is 0.288 e. The number of nitro benzene ring substituents is 1. The zero-order valence-corrected chi connectivity index (χ0v) is 13.3. The van der Waals surface area contributed by atoms with Gasteiger partial charge in [-0.2, -0.15) is 5.10 Å². The summed E-state index contributed by atoms with van der Waals surface area (Å²) in [5.74, 6) is -0.564. The van der Waals surface area contributed by atoms with Crippen molar-refractivity contribution in [3.63, 3.8) is 0 Å². The van der Waals surface area contributed by atoms with Gasteiger partial charge in [-0.15, -0.1) is 0 Å². The summed E-state index contributed by atoms with van der Waals surface area (Å²) in [5, 5.41) is 14.6. The molecule has 2 rings (SSSR count). The van der Waals surface area contributed by atoms with Gasteiger partial charge in [0.2, 0.25) is 0 Å². The molecule has 0 aliphatic heterocycles. The molecule has 2 aromatic rings. The third-order valence-corrected chi connectivity index (χ3v) is 3.45. The molecule has 0 saturated carbocycles. The van der Waals surface area contributed by atoms with Crippen LogP contribution in [0, 0.1) is 10.1 Å². The number of amides is 1. The Hall–Kier alpha value is -2.25. The second-order valence-electron chi connectivity index (χ2n) is 4.18. The third kappa shape index (κ3) is 4.12. The van der Waals surface area contributed by atoms with Crippen molar-refractivity contribution in [3.05, 3.63) is 73.2 Å². The fourth-order valence-electron chi connectivity index (χ4n) is 1.61. The Morgan fingerprint density at radius 1 is 1.32 bits per heavy atom. The van der Waals surface area contributed by atoms with Gasteiger partial charge in [0.05, 0.1) is 11.1 Å². The van der Waals surface area contributed by atoms with Crippen LogP contribution in [-0.2, 0) is 0 Å². The third-order valence-electron chi connectivity index (χ3n) is 2.63. The van der Waals surface area contributed by atoms with E-state index >= 15 is 0 Å². The molecule has 0 aliphatic rings. The molecule has 0 aromatic heterocycles. The minimum Gasteiger partial charge on any atom is -0.267 e. The summed E-state index contributed by atoms with van der Waals surface area (Å²) < 4.78 is 0.885. The molecule has 22 heavy (non-hydrogen) atoms. The van der Waals surface area contributed by atoms with Gasteiger partial charge in [-0.25, -0.2) is 5.43 Å². The Labute approximate surface area is 139 Å². The van der Waals surface area contributed by atoms with E-state index in [1.54, 1.807) is 0 Å². The number of benzene rings is 2. The predicted octanol–water partition coefficient (Wildman–Crippen LogP) is 3.77. The molecular formula is C14H9BrClN3O3. The lowest BCUT2D eigenvalue weighted by molar-refractivity contribution is -0.384. The molecule has 8 heteroatoms. The molecule has 0 radical (unpaired) electrons. The Bertz CT molecular complexity index is 765. The second-order valence-corrected chi connectivity index (χ2v) is 5.50. The van der Waals surface area contributed by atoms with Crippen molar-refractivity contribution in [3.8, 4) is 0 Å². The Kier molecular flexibility index (Phi) is 5.24. The molecule has 6 nitrogen and oxygen atoms in total. The van der Waals surface area contributed by atoms with Crippen molar-refractivity contribution < 1.29 is 9.72 Å². The summed E-state index contributed by atoms with van der Waals surface area (Å²) in [6, 6.07) is 11.1. The first kappa shape index (κ1) is 16.1. The number of nitrogens with zero attached hydrogens (tertiary/aromatic N) is 2. The molecule has 0 atom stereocenters. The molecule has 1 amide bonds. The van der Waals surface area contributed by atoms with Crippen molar-refractivity contribution in [2.45, 2.75) is 0 Å². The SMILES string of the molecule is O=C(NN=Cc1cccc(Br)c1)c1ccc(Cl)c([N+](=O)[O-])c1. The van der Waals surface area contributed by atoms with Gasteiger partial charge in [-0.05, 0) is 29.8 Å². The smallest absolute Gasteiger partial charge is 0.267 e. The number of nitrogens with one attached hydrogen (secondary N) is 1. The number of halogens is 2. The Morgan fingerprint density at radius 2 is 2.09 bits per heavy atom. The predicted molar refractivity (Wildman–Crippen MR) is 87.3 cm³/mol. The van der Waals surface area contributed by atoms with Crippen LogP contribution < -0.4 is 5.43 Å². The van der Waals surface area contributed by atoms with Crippen molar-refractivity contribution >= 4 is 45.3 Å². The van der Waals surface area contributed by atoms with E-state index in [-0.39, 0.29) is 16.3 Å². The van der Waals surface area contributed by atoms with Crippen LogP contribution in [-0.4, -0.2) is 17.0 Å². The van der Waals surface area contributed by atoms with E-state index in [4.69, 9.17) is 11.6 Å². The molecule has 0 unspecified atom stereocenters. The van der Waals surface area contributed by atoms with Crippen LogP contribution in [0.4, 0.5) is 5.69 Å². The fraction of sp³-hybridized carbons (Fsp3) is 0. The van der Waals surface area contributed by atoms with Crippen LogP contribution in [0.3, 0.4) is 0 Å². The summed E-state index contributed by atoms with van der Waals surface area (Å²) in [7, 11) is 0. The first-order valence-electron chi connectivity index (χ1n) is 6.00. The van der Waals surface area contributed by atoms with Crippen LogP contribution in [0.1, 0.15) is 15.9 Å². The van der Waals surface area contributed by atoms with E-state index in [2.05, 4.69) is 26.5 Å². The lowest BCUT2D eigenvalue weighted by atomic mass is 10.2. The highest BCUT2D eigenvalue weighted by molar-refractivity contribution is 9.10. The molecule has 0 bridgehead atoms. The number of hydrogen-bond donors (Lipinski definition) is 1. The maximum absolute atomic E-state index is 11.9. The van der Waals surface area contributed by atoms with Gasteiger partial charge in [0.1, 0.15) is 5.02 Å². The van der Waals surface area contributed by atoms with Gasteiger partial charge in [0.25, 0.3) is 11.6 Å². The summed E-state index contributed by atoms with van der Waals surface area (Å²) in [6.45, 7) is 0. The number of hydrazone groups is 1. The van der Waals surface area contributed by atoms with Gasteiger partial charge >= 0.3 is 0 Å². The zero-order valence-electron chi connectivity index (χ0n) is 11.0. The minimum absolute atomic E-state index is 0.0285. The first-order valence-corrected chi connectivity index (χ1v) is 7.17. The minimum atomic E-state index is -0.649. The van der Waals surface area contributed by atoms with Crippen LogP contribution in [0.25, 0.3) is 0 Å². The van der Waals surface area contributed by atoms with Crippen LogP contribution in [0.5, 0.6) is 0 Å². The molecule has 0 heterocycles. The summed E-state index contributed by atoms with van der Waals surface area (Å²) in [6.07, 6.45) is 1.47. The number of carbonyl (C=O) groups excluding carboxylic acids is 1. The average Bonchev–Trinajstić information content (AvgIpc) is 2.47. The van der Waals surface area contributed by atoms with Gasteiger partial charge in [-0.3, -0.25) is 14.9 Å². The lowest BCUT2D eigenvalue weighted by Crippen LogP contribution is -2.17. The molecule has 112 valence electrons. The normalized spacial score (nSPS) is 10.6. The number of rotatable bonds is 4. The van der Waals surface area contributed by atoms with Gasteiger partial charge in [0, 0.05) is 16.1 Å². The highest BCUT2D eigenvalue weighted by atomic mass is 79.9. The van der Waals surface area contributed by atoms with E-state index in [0.717, 1.165) is 16.1 Å². The second kappa shape index (κ2) is 7.15. The van der Waals surface area contributed by atoms with Crippen LogP contribution >= 0.6 is 27.5 Å². The molecule has 0 spiro atoms. The quantitative estimate of drug-likeness (QED) is 0.496. The molecule has 1 N–H and O–H groups in total. The highest BCUT2D eigenvalue weighted by Gasteiger charge is 2.15. The monoisotopic (exact) mass is 381 g/mol. The maximum atomic E-state index is 11.9. The van der Waals surface area contributed by atoms with Crippen LogP contribution in [0.2, 0.25) is 5.02 Å². The highest BCUT2D eigenvalue weighted by Crippen LogP contribution is 2.24. The number of nitro groups is 1. The van der Waals surface area contributed by atoms with Crippen molar-refractivity contribution in [1.82, 2.24) is 5.43 Å². The van der Waals surface area contributed by atoms with E-state index in [0.29, 0.717) is 0 Å². The van der Waals surface area contributed by atoms with Gasteiger partial charge < -0.3 is 0 Å². The fourth-order valence-corrected chi connectivity index (χ4v) is 2.21. The van der Waals surface area contributed by atoms with E-state index in [9.17, 15) is 14.9 Å². The van der Waals surface area contributed by atoms with Crippen molar-refractivity contribution in [2.75, 3.05) is 0 Å². The zero-order chi connectivity index (χ0) is 16.1. The number of hydrogen-bond acceptors (Lipinski definition) is 4. The first-order chi connectivity index (χ1) is 10.5. The standard InChI is InChI=1S/C14H9BrClN3O3/c15-11-3-1-2-9(6-11)8-17-18-14(20)10-4-5-12(16)13(7-10)19(21)22/h1-8H,(H,18,20). The lowest BCUT2D eigenvalue weighted by Gasteiger charge is -2.01. The van der Waals surface area contributed by atoms with Gasteiger partial charge in [-0.1, -0.05) is 39.7 Å². The summed E-state index contributed by atoms with van der Waals surface area (Å²) in [4.78, 5) is 22.0. The molecule has 0 aliphatic carbocycles. The van der Waals surface area contributed by atoms with Gasteiger partial charge in [0.15, 0.2) is 0 Å². The largest absolute Gasteiger partial charge is 0.288 e. The van der Waals surface area contributed by atoms with Crippen molar-refractivity contribution in [2.24, 2.45) is 5.10 Å². The summed E-state index contributed by atoms with van der Waals surface area (Å²) in [5.41, 5.74) is 2.86. The molecular weight excluding hydrogens is 374 g/mol. The van der Waals surface area contributed by atoms with E-state index < -0.39 is 10.8 Å². The summed E-state index contributed by atoms with van der Waals surface area (Å²) >= 11 is 9.01. The topological polar surface area (TPSA) is 84.6 Å². The Morgan fingerprint density at radius 3 is 2.77 bits per heavy atom. The van der Waals surface area contributed by atoms with E-state index in [1.165, 1.54) is 18.3 Å². The van der Waals surface area contributed by atoms with Crippen LogP contribution in [0.15, 0.2) is 52.0 Å². The average molecular weight is 383 g/mol. The number of carbonyl (C=O) groups is 1. The Balaban J connectivity index is 2.09. The molecule has 0 fully saturated rings. The van der Waals surface area contributed by atoms with Crippen molar-refractivity contribution in [1.29, 1.82) is 0 Å².